The van der Waals surface area contributed by atoms with Gasteiger partial charge in [0.05, 0.1) is 18.3 Å². The average Bonchev–Trinajstić information content (AvgIpc) is 3.26. The van der Waals surface area contributed by atoms with Crippen molar-refractivity contribution in [1.29, 1.82) is 0 Å². The van der Waals surface area contributed by atoms with Gasteiger partial charge >= 0.3 is 0 Å². The number of aromatic amines is 1. The Bertz CT molecular complexity index is 959. The van der Waals surface area contributed by atoms with Crippen LogP contribution in [0.2, 0.25) is 0 Å². The molecule has 3 aromatic rings. The molecule has 0 aliphatic carbocycles. The smallest absolute Gasteiger partial charge is 0.191 e. The van der Waals surface area contributed by atoms with Gasteiger partial charge in [-0.05, 0) is 57.0 Å². The third kappa shape index (κ3) is 4.70. The van der Waals surface area contributed by atoms with Crippen LogP contribution in [0.25, 0.3) is 10.9 Å². The number of fused-ring (bicyclic) bond motifs is 1. The van der Waals surface area contributed by atoms with Crippen molar-refractivity contribution in [2.24, 2.45) is 4.99 Å². The molecule has 0 saturated carbocycles. The van der Waals surface area contributed by atoms with E-state index >= 15 is 0 Å². The Balaban J connectivity index is 0.00000280. The lowest BCUT2D eigenvalue weighted by atomic mass is 10.0. The largest absolute Gasteiger partial charge is 0.466 e. The summed E-state index contributed by atoms with van der Waals surface area (Å²) in [6.45, 7) is 8.96. The molecule has 0 spiro atoms. The van der Waals surface area contributed by atoms with Gasteiger partial charge in [0.2, 0.25) is 0 Å². The zero-order valence-electron chi connectivity index (χ0n) is 17.0. The molecule has 0 radical (unpaired) electrons. The van der Waals surface area contributed by atoms with E-state index in [-0.39, 0.29) is 30.5 Å². The minimum absolute atomic E-state index is 0. The summed E-state index contributed by atoms with van der Waals surface area (Å²) in [4.78, 5) is 7.74. The van der Waals surface area contributed by atoms with Crippen LogP contribution < -0.4 is 10.6 Å². The predicted molar refractivity (Wildman–Crippen MR) is 124 cm³/mol. The number of benzene rings is 1. The first-order chi connectivity index (χ1) is 12.8. The van der Waals surface area contributed by atoms with Gasteiger partial charge in [-0.2, -0.15) is 0 Å². The lowest BCUT2D eigenvalue weighted by Crippen LogP contribution is -2.44. The van der Waals surface area contributed by atoms with Crippen molar-refractivity contribution in [2.45, 2.75) is 39.8 Å². The highest BCUT2D eigenvalue weighted by molar-refractivity contribution is 14.0. The highest BCUT2D eigenvalue weighted by atomic mass is 127. The number of aliphatic imine (C=N–C) groups is 1. The first-order valence-corrected chi connectivity index (χ1v) is 9.11. The van der Waals surface area contributed by atoms with Gasteiger partial charge in [-0.25, -0.2) is 0 Å². The van der Waals surface area contributed by atoms with Gasteiger partial charge in [-0.1, -0.05) is 11.6 Å². The molecule has 0 amide bonds. The van der Waals surface area contributed by atoms with E-state index in [0.717, 1.165) is 5.52 Å². The Morgan fingerprint density at radius 1 is 1.25 bits per heavy atom. The van der Waals surface area contributed by atoms with Gasteiger partial charge in [-0.3, -0.25) is 4.99 Å². The van der Waals surface area contributed by atoms with E-state index in [1.54, 1.807) is 32.4 Å². The summed E-state index contributed by atoms with van der Waals surface area (Å²) in [7, 11) is 1.71. The second kappa shape index (κ2) is 9.00. The van der Waals surface area contributed by atoms with Crippen LogP contribution in [0.5, 0.6) is 0 Å². The normalized spacial score (nSPS) is 13.9. The first kappa shape index (κ1) is 22.3. The van der Waals surface area contributed by atoms with Crippen molar-refractivity contribution in [3.8, 4) is 0 Å². The summed E-state index contributed by atoms with van der Waals surface area (Å²) in [5.41, 5.74) is 4.92. The minimum Gasteiger partial charge on any atom is -0.466 e. The van der Waals surface area contributed by atoms with Crippen molar-refractivity contribution < 1.29 is 9.52 Å². The number of guanidine groups is 1. The van der Waals surface area contributed by atoms with Crippen LogP contribution >= 0.6 is 24.0 Å². The monoisotopic (exact) mass is 496 g/mol. The standard InChI is InChI=1S/C21H28N4O2.HI/c1-13-9-16(19-17(10-13)14(2)15(3)25-19)11-23-20(22-5)24-12-21(4,26)18-7-6-8-27-18;/h6-10,25-26H,11-12H2,1-5H3,(H2,22,23,24);1H. The first-order valence-electron chi connectivity index (χ1n) is 9.11. The van der Waals surface area contributed by atoms with E-state index in [1.807, 2.05) is 0 Å². The van der Waals surface area contributed by atoms with Crippen molar-refractivity contribution in [2.75, 3.05) is 13.6 Å². The number of furan rings is 1. The lowest BCUT2D eigenvalue weighted by Gasteiger charge is -2.22. The van der Waals surface area contributed by atoms with Gasteiger partial charge in [0, 0.05) is 24.7 Å². The molecule has 6 nitrogen and oxygen atoms in total. The maximum Gasteiger partial charge on any atom is 0.191 e. The summed E-state index contributed by atoms with van der Waals surface area (Å²) in [5.74, 6) is 1.14. The maximum atomic E-state index is 10.6. The Morgan fingerprint density at radius 3 is 2.64 bits per heavy atom. The van der Waals surface area contributed by atoms with Crippen LogP contribution in [0.3, 0.4) is 0 Å². The van der Waals surface area contributed by atoms with Gasteiger partial charge in [0.15, 0.2) is 5.96 Å². The fraction of sp³-hybridized carbons (Fsp3) is 0.381. The predicted octanol–water partition coefficient (Wildman–Crippen LogP) is 3.88. The van der Waals surface area contributed by atoms with Crippen molar-refractivity contribution in [3.63, 3.8) is 0 Å². The molecule has 1 atom stereocenters. The zero-order chi connectivity index (χ0) is 19.6. The number of aromatic nitrogens is 1. The number of halogens is 1. The number of nitrogens with one attached hydrogen (secondary N) is 3. The molecule has 0 aliphatic heterocycles. The molecule has 0 fully saturated rings. The average molecular weight is 496 g/mol. The summed E-state index contributed by atoms with van der Waals surface area (Å²) >= 11 is 0. The van der Waals surface area contributed by atoms with E-state index in [2.05, 4.69) is 53.5 Å². The molecular formula is C21H29IN4O2. The van der Waals surface area contributed by atoms with Crippen LogP contribution in [0.15, 0.2) is 39.9 Å². The Hall–Kier alpha value is -2.00. The molecule has 0 saturated heterocycles. The molecule has 3 rings (SSSR count). The molecule has 0 bridgehead atoms. The van der Waals surface area contributed by atoms with Gasteiger partial charge < -0.3 is 25.1 Å². The van der Waals surface area contributed by atoms with Crippen LogP contribution in [0.4, 0.5) is 0 Å². The Kier molecular flexibility index (Phi) is 7.16. The van der Waals surface area contributed by atoms with E-state index in [1.165, 1.54) is 27.8 Å². The van der Waals surface area contributed by atoms with Gasteiger partial charge in [-0.15, -0.1) is 24.0 Å². The van der Waals surface area contributed by atoms with E-state index in [4.69, 9.17) is 4.42 Å². The number of H-pyrrole nitrogens is 1. The minimum atomic E-state index is -1.12. The number of hydrogen-bond donors (Lipinski definition) is 4. The highest BCUT2D eigenvalue weighted by Crippen LogP contribution is 2.26. The molecule has 2 heterocycles. The molecule has 0 aliphatic rings. The van der Waals surface area contributed by atoms with Crippen molar-refractivity contribution in [1.82, 2.24) is 15.6 Å². The van der Waals surface area contributed by atoms with Gasteiger partial charge in [0.1, 0.15) is 11.4 Å². The summed E-state index contributed by atoms with van der Waals surface area (Å²) < 4.78 is 5.31. The topological polar surface area (TPSA) is 85.6 Å². The maximum absolute atomic E-state index is 10.6. The summed E-state index contributed by atoms with van der Waals surface area (Å²) in [6, 6.07) is 7.92. The molecule has 1 aromatic carbocycles. The number of aliphatic hydroxyl groups is 1. The Morgan fingerprint density at radius 2 is 2.00 bits per heavy atom. The molecular weight excluding hydrogens is 467 g/mol. The van der Waals surface area contributed by atoms with Crippen LogP contribution in [-0.4, -0.2) is 29.6 Å². The highest BCUT2D eigenvalue weighted by Gasteiger charge is 2.26. The SMILES string of the molecule is CN=C(NCc1cc(C)cc2c(C)c(C)[nH]c12)NCC(C)(O)c1ccco1.I. The molecule has 28 heavy (non-hydrogen) atoms. The molecule has 4 N–H and O–H groups in total. The van der Waals surface area contributed by atoms with Crippen LogP contribution in [-0.2, 0) is 12.1 Å². The number of hydrogen-bond acceptors (Lipinski definition) is 3. The zero-order valence-corrected chi connectivity index (χ0v) is 19.3. The van der Waals surface area contributed by atoms with E-state index in [9.17, 15) is 5.11 Å². The Labute approximate surface area is 182 Å². The quantitative estimate of drug-likeness (QED) is 0.246. The van der Waals surface area contributed by atoms with Crippen molar-refractivity contribution in [3.05, 3.63) is 58.7 Å². The molecule has 7 heteroatoms. The second-order valence-electron chi connectivity index (χ2n) is 7.25. The number of rotatable bonds is 5. The molecule has 1 unspecified atom stereocenters. The van der Waals surface area contributed by atoms with E-state index in [0.29, 0.717) is 18.3 Å². The lowest BCUT2D eigenvalue weighted by molar-refractivity contribution is 0.0386. The number of nitrogens with zero attached hydrogens (tertiary/aromatic N) is 1. The second-order valence-corrected chi connectivity index (χ2v) is 7.25. The van der Waals surface area contributed by atoms with Gasteiger partial charge in [0.25, 0.3) is 0 Å². The third-order valence-electron chi connectivity index (χ3n) is 4.97. The summed E-state index contributed by atoms with van der Waals surface area (Å²) in [5, 5.41) is 18.3. The summed E-state index contributed by atoms with van der Waals surface area (Å²) in [6.07, 6.45) is 1.56. The van der Waals surface area contributed by atoms with E-state index < -0.39 is 5.60 Å². The fourth-order valence-corrected chi connectivity index (χ4v) is 3.26. The van der Waals surface area contributed by atoms with Crippen LogP contribution in [0.1, 0.15) is 35.1 Å². The van der Waals surface area contributed by atoms with Crippen molar-refractivity contribution >= 4 is 40.8 Å². The molecule has 152 valence electrons. The third-order valence-corrected chi connectivity index (χ3v) is 4.97. The van der Waals surface area contributed by atoms with Crippen LogP contribution in [0, 0.1) is 20.8 Å². The number of aryl methyl sites for hydroxylation is 3. The fourth-order valence-electron chi connectivity index (χ4n) is 3.26. The molecule has 2 aromatic heterocycles.